The highest BCUT2D eigenvalue weighted by molar-refractivity contribution is 5.69. The molecule has 0 N–H and O–H groups in total. The van der Waals surface area contributed by atoms with E-state index in [-0.39, 0.29) is 0 Å². The van der Waals surface area contributed by atoms with E-state index < -0.39 is 0 Å². The Kier molecular flexibility index (Phi) is 5.61. The summed E-state index contributed by atoms with van der Waals surface area (Å²) in [6.45, 7) is 6.72. The zero-order valence-electron chi connectivity index (χ0n) is 6.19. The van der Waals surface area contributed by atoms with Crippen LogP contribution in [0.1, 0.15) is 10.6 Å². The number of furan rings is 1. The van der Waals surface area contributed by atoms with E-state index >= 15 is 0 Å². The maximum absolute atomic E-state index is 9.77. The number of carbonyl (C=O) groups excluding carboxylic acids is 1. The van der Waals surface area contributed by atoms with Gasteiger partial charge in [0.1, 0.15) is 0 Å². The van der Waals surface area contributed by atoms with Crippen LogP contribution in [0, 0.1) is 0 Å². The van der Waals surface area contributed by atoms with Crippen LogP contribution in [0.2, 0.25) is 0 Å². The molecule has 0 aliphatic heterocycles. The molecule has 0 aromatic carbocycles. The van der Waals surface area contributed by atoms with E-state index in [1.807, 2.05) is 0 Å². The minimum absolute atomic E-state index is 0.375. The molecular weight excluding hydrogens is 140 g/mol. The Labute approximate surface area is 65.8 Å². The topological polar surface area (TPSA) is 30.2 Å². The molecule has 1 heterocycles. The zero-order chi connectivity index (χ0) is 8.53. The van der Waals surface area contributed by atoms with Gasteiger partial charge in [0.15, 0.2) is 12.0 Å². The van der Waals surface area contributed by atoms with E-state index in [2.05, 4.69) is 17.6 Å². The van der Waals surface area contributed by atoms with E-state index in [9.17, 15) is 4.79 Å². The minimum atomic E-state index is 0.375. The van der Waals surface area contributed by atoms with Gasteiger partial charge in [-0.3, -0.25) is 4.79 Å². The quantitative estimate of drug-likeness (QED) is 0.478. The highest BCUT2D eigenvalue weighted by Crippen LogP contribution is 1.92. The molecule has 58 valence electrons. The fourth-order valence-electron chi connectivity index (χ4n) is 0.358. The van der Waals surface area contributed by atoms with Crippen molar-refractivity contribution in [1.29, 1.82) is 0 Å². The zero-order valence-corrected chi connectivity index (χ0v) is 6.19. The minimum Gasteiger partial charge on any atom is -0.462 e. The van der Waals surface area contributed by atoms with Gasteiger partial charge in [0.05, 0.1) is 6.26 Å². The van der Waals surface area contributed by atoms with Crippen LogP contribution in [-0.4, -0.2) is 6.29 Å². The normalized spacial score (nSPS) is 7.27. The van der Waals surface area contributed by atoms with E-state index in [1.165, 1.54) is 6.26 Å². The molecule has 11 heavy (non-hydrogen) atoms. The van der Waals surface area contributed by atoms with Crippen molar-refractivity contribution in [1.82, 2.24) is 0 Å². The second kappa shape index (κ2) is 6.55. The maximum Gasteiger partial charge on any atom is 0.185 e. The summed E-state index contributed by atoms with van der Waals surface area (Å²) in [6.07, 6.45) is 5.41. The average Bonchev–Trinajstić information content (AvgIpc) is 2.56. The number of hydrogen-bond donors (Lipinski definition) is 0. The van der Waals surface area contributed by atoms with Crippen molar-refractivity contribution in [3.63, 3.8) is 0 Å². The molecule has 0 fully saturated rings. The number of rotatable bonds is 2. The SMILES string of the molecule is C=CC=C.O=Cc1ccco1. The Morgan fingerprint density at radius 1 is 1.36 bits per heavy atom. The van der Waals surface area contributed by atoms with Gasteiger partial charge < -0.3 is 4.42 Å². The molecule has 0 amide bonds. The van der Waals surface area contributed by atoms with Gasteiger partial charge in [-0.1, -0.05) is 25.3 Å². The summed E-state index contributed by atoms with van der Waals surface area (Å²) in [7, 11) is 0. The van der Waals surface area contributed by atoms with Gasteiger partial charge in [0.2, 0.25) is 0 Å². The molecule has 0 atom stereocenters. The van der Waals surface area contributed by atoms with Gasteiger partial charge in [-0.25, -0.2) is 0 Å². The van der Waals surface area contributed by atoms with Crippen LogP contribution in [0.15, 0.2) is 48.1 Å². The summed E-state index contributed by atoms with van der Waals surface area (Å²) in [5.41, 5.74) is 0. The molecule has 1 aromatic rings. The molecule has 0 aliphatic rings. The highest BCUT2D eigenvalue weighted by Gasteiger charge is 1.84. The van der Waals surface area contributed by atoms with Gasteiger partial charge in [-0.2, -0.15) is 0 Å². The van der Waals surface area contributed by atoms with Gasteiger partial charge in [0.25, 0.3) is 0 Å². The molecule has 2 heteroatoms. The van der Waals surface area contributed by atoms with Gasteiger partial charge in [-0.15, -0.1) is 0 Å². The van der Waals surface area contributed by atoms with E-state index in [4.69, 9.17) is 0 Å². The second-order valence-corrected chi connectivity index (χ2v) is 1.60. The fourth-order valence-corrected chi connectivity index (χ4v) is 0.358. The Morgan fingerprint density at radius 2 is 2.00 bits per heavy atom. The Balaban J connectivity index is 0.000000218. The molecular formula is C9H10O2. The van der Waals surface area contributed by atoms with Crippen LogP contribution < -0.4 is 0 Å². The molecule has 0 unspecified atom stereocenters. The van der Waals surface area contributed by atoms with Crippen molar-refractivity contribution in [2.75, 3.05) is 0 Å². The fraction of sp³-hybridized carbons (Fsp3) is 0. The number of allylic oxidation sites excluding steroid dienone is 2. The smallest absolute Gasteiger partial charge is 0.185 e. The van der Waals surface area contributed by atoms with E-state index in [0.29, 0.717) is 12.0 Å². The van der Waals surface area contributed by atoms with Crippen LogP contribution >= 0.6 is 0 Å². The van der Waals surface area contributed by atoms with Crippen LogP contribution in [-0.2, 0) is 0 Å². The molecule has 0 radical (unpaired) electrons. The van der Waals surface area contributed by atoms with Crippen LogP contribution in [0.25, 0.3) is 0 Å². The lowest BCUT2D eigenvalue weighted by Gasteiger charge is -1.68. The molecule has 0 spiro atoms. The first-order valence-corrected chi connectivity index (χ1v) is 3.07. The predicted octanol–water partition coefficient (Wildman–Crippen LogP) is 2.45. The van der Waals surface area contributed by atoms with Crippen LogP contribution in [0.4, 0.5) is 0 Å². The summed E-state index contributed by atoms with van der Waals surface area (Å²) in [4.78, 5) is 9.77. The molecule has 1 aromatic heterocycles. The van der Waals surface area contributed by atoms with Gasteiger partial charge in [-0.05, 0) is 12.1 Å². The standard InChI is InChI=1S/C5H4O2.C4H6/c6-4-5-2-1-3-7-5;1-3-4-2/h1-4H;3-4H,1-2H2. The lowest BCUT2D eigenvalue weighted by Crippen LogP contribution is -1.65. The lowest BCUT2D eigenvalue weighted by atomic mass is 10.5. The van der Waals surface area contributed by atoms with Crippen LogP contribution in [0.3, 0.4) is 0 Å². The van der Waals surface area contributed by atoms with Crippen molar-refractivity contribution in [3.8, 4) is 0 Å². The maximum atomic E-state index is 9.77. The summed E-state index contributed by atoms with van der Waals surface area (Å²) in [5, 5.41) is 0. The highest BCUT2D eigenvalue weighted by atomic mass is 16.3. The average molecular weight is 150 g/mol. The summed E-state index contributed by atoms with van der Waals surface area (Å²) >= 11 is 0. The molecule has 2 nitrogen and oxygen atoms in total. The Bertz CT molecular complexity index is 203. The number of aldehydes is 1. The van der Waals surface area contributed by atoms with Crippen molar-refractivity contribution < 1.29 is 9.21 Å². The first-order valence-electron chi connectivity index (χ1n) is 3.07. The lowest BCUT2D eigenvalue weighted by molar-refractivity contribution is 0.110. The third-order valence-electron chi connectivity index (χ3n) is 0.826. The van der Waals surface area contributed by atoms with Crippen molar-refractivity contribution in [3.05, 3.63) is 49.5 Å². The number of carbonyl (C=O) groups is 1. The molecule has 0 aliphatic carbocycles. The third-order valence-corrected chi connectivity index (χ3v) is 0.826. The Morgan fingerprint density at radius 3 is 2.18 bits per heavy atom. The molecule has 0 saturated carbocycles. The van der Waals surface area contributed by atoms with Crippen molar-refractivity contribution in [2.24, 2.45) is 0 Å². The summed E-state index contributed by atoms with van der Waals surface area (Å²) in [5.74, 6) is 0.375. The third kappa shape index (κ3) is 4.90. The van der Waals surface area contributed by atoms with Gasteiger partial charge in [0, 0.05) is 0 Å². The Hall–Kier alpha value is -1.57. The van der Waals surface area contributed by atoms with Crippen LogP contribution in [0.5, 0.6) is 0 Å². The largest absolute Gasteiger partial charge is 0.462 e. The number of hydrogen-bond acceptors (Lipinski definition) is 2. The van der Waals surface area contributed by atoms with Gasteiger partial charge >= 0.3 is 0 Å². The van der Waals surface area contributed by atoms with Crippen molar-refractivity contribution in [2.45, 2.75) is 0 Å². The molecule has 0 bridgehead atoms. The predicted molar refractivity (Wildman–Crippen MR) is 44.5 cm³/mol. The van der Waals surface area contributed by atoms with E-state index in [1.54, 1.807) is 24.3 Å². The molecule has 1 rings (SSSR count). The second-order valence-electron chi connectivity index (χ2n) is 1.60. The summed E-state index contributed by atoms with van der Waals surface area (Å²) < 4.78 is 4.61. The summed E-state index contributed by atoms with van der Waals surface area (Å²) in [6, 6.07) is 3.27. The van der Waals surface area contributed by atoms with Crippen molar-refractivity contribution >= 4 is 6.29 Å². The molecule has 0 saturated heterocycles. The monoisotopic (exact) mass is 150 g/mol. The first-order chi connectivity index (χ1) is 5.35. The van der Waals surface area contributed by atoms with E-state index in [0.717, 1.165) is 0 Å². The first kappa shape index (κ1) is 9.43.